The number of ether oxygens (including phenoxy) is 1. The Hall–Kier alpha value is -1.66. The Kier molecular flexibility index (Phi) is 64.4. The van der Waals surface area contributed by atoms with Crippen LogP contribution < -0.4 is 5.32 Å². The number of rotatable bonds is 65. The first-order valence-electron chi connectivity index (χ1n) is 34.6. The number of amides is 1. The third-order valence-corrected chi connectivity index (χ3v) is 16.3. The minimum absolute atomic E-state index is 0.0173. The van der Waals surface area contributed by atoms with Gasteiger partial charge in [-0.05, 0) is 57.8 Å². The van der Waals surface area contributed by atoms with Crippen molar-refractivity contribution >= 4 is 11.9 Å². The van der Waals surface area contributed by atoms with Crippen LogP contribution >= 0.6 is 0 Å². The van der Waals surface area contributed by atoms with Crippen LogP contribution in [0.1, 0.15) is 386 Å². The second-order valence-electron chi connectivity index (χ2n) is 23.9. The molecule has 0 saturated carbocycles. The van der Waals surface area contributed by atoms with Crippen LogP contribution in [0.3, 0.4) is 0 Å². The third kappa shape index (κ3) is 61.6. The number of carbonyl (C=O) groups excluding carboxylic acids is 2. The predicted octanol–water partition coefficient (Wildman–Crippen LogP) is 22.1. The highest BCUT2D eigenvalue weighted by atomic mass is 16.5. The molecule has 0 aromatic heterocycles. The number of hydrogen-bond acceptors (Lipinski definition) is 5. The first kappa shape index (κ1) is 74.3. The molecule has 0 saturated heterocycles. The highest BCUT2D eigenvalue weighted by Gasteiger charge is 2.20. The van der Waals surface area contributed by atoms with E-state index in [2.05, 4.69) is 43.5 Å². The molecule has 0 aliphatic carbocycles. The number of aliphatic hydroxyl groups is 2. The molecule has 0 rings (SSSR count). The highest BCUT2D eigenvalue weighted by Crippen LogP contribution is 2.19. The summed E-state index contributed by atoms with van der Waals surface area (Å²) in [6, 6.07) is -0.535. The second kappa shape index (κ2) is 65.9. The van der Waals surface area contributed by atoms with Gasteiger partial charge >= 0.3 is 5.97 Å². The van der Waals surface area contributed by atoms with Gasteiger partial charge in [0.15, 0.2) is 0 Å². The molecule has 450 valence electrons. The van der Waals surface area contributed by atoms with E-state index in [1.165, 1.54) is 302 Å². The minimum Gasteiger partial charge on any atom is -0.466 e. The summed E-state index contributed by atoms with van der Waals surface area (Å²) >= 11 is 0. The van der Waals surface area contributed by atoms with Crippen molar-refractivity contribution < 1.29 is 24.5 Å². The lowest BCUT2D eigenvalue weighted by Gasteiger charge is -2.22. The molecular formula is C70H135NO5. The fourth-order valence-electron chi connectivity index (χ4n) is 11.0. The van der Waals surface area contributed by atoms with Crippen LogP contribution in [0.15, 0.2) is 24.3 Å². The van der Waals surface area contributed by atoms with Crippen LogP contribution in [0.25, 0.3) is 0 Å². The Morgan fingerprint density at radius 3 is 1.03 bits per heavy atom. The van der Waals surface area contributed by atoms with Crippen LogP contribution in [-0.4, -0.2) is 47.4 Å². The number of esters is 1. The maximum Gasteiger partial charge on any atom is 0.305 e. The number of carbonyl (C=O) groups is 2. The van der Waals surface area contributed by atoms with Gasteiger partial charge in [-0.2, -0.15) is 0 Å². The molecule has 0 aliphatic rings. The van der Waals surface area contributed by atoms with Crippen molar-refractivity contribution in [1.82, 2.24) is 5.32 Å². The van der Waals surface area contributed by atoms with Crippen molar-refractivity contribution in [3.8, 4) is 0 Å². The maximum absolute atomic E-state index is 12.4. The Balaban J connectivity index is 3.28. The van der Waals surface area contributed by atoms with Gasteiger partial charge in [-0.15, -0.1) is 0 Å². The average Bonchev–Trinajstić information content (AvgIpc) is 3.42. The van der Waals surface area contributed by atoms with E-state index in [1.54, 1.807) is 0 Å². The lowest BCUT2D eigenvalue weighted by atomic mass is 10.0. The number of nitrogens with one attached hydrogen (secondary N) is 1. The summed E-state index contributed by atoms with van der Waals surface area (Å²) in [5.41, 5.74) is 0. The van der Waals surface area contributed by atoms with Crippen molar-refractivity contribution in [1.29, 1.82) is 0 Å². The van der Waals surface area contributed by atoms with Crippen molar-refractivity contribution in [2.75, 3.05) is 13.2 Å². The summed E-state index contributed by atoms with van der Waals surface area (Å²) in [7, 11) is 0. The van der Waals surface area contributed by atoms with E-state index in [0.717, 1.165) is 51.4 Å². The molecule has 2 atom stereocenters. The van der Waals surface area contributed by atoms with E-state index in [1.807, 2.05) is 0 Å². The number of allylic oxidation sites excluding steroid dienone is 4. The molecule has 76 heavy (non-hydrogen) atoms. The average molecular weight is 1070 g/mol. The van der Waals surface area contributed by atoms with Crippen molar-refractivity contribution in [2.45, 2.75) is 398 Å². The fourth-order valence-corrected chi connectivity index (χ4v) is 11.0. The van der Waals surface area contributed by atoms with Gasteiger partial charge in [0.05, 0.1) is 25.4 Å². The summed E-state index contributed by atoms with van der Waals surface area (Å²) in [6.45, 7) is 4.93. The van der Waals surface area contributed by atoms with Crippen LogP contribution in [0.4, 0.5) is 0 Å². The lowest BCUT2D eigenvalue weighted by Crippen LogP contribution is -2.45. The number of hydrogen-bond donors (Lipinski definition) is 3. The SMILES string of the molecule is CCCCC/C=C\C/C=C\CCCCCCCCCCCC(=O)OCCCCCCCCCCCCCCCCCCCCCCCCCCCCCCCCCC(=O)NC(CO)C(O)CCCCCCCCCCC. The van der Waals surface area contributed by atoms with Gasteiger partial charge in [0.1, 0.15) is 0 Å². The molecule has 0 spiro atoms. The molecule has 6 heteroatoms. The zero-order valence-corrected chi connectivity index (χ0v) is 51.5. The first-order chi connectivity index (χ1) is 37.5. The molecule has 0 aliphatic heterocycles. The van der Waals surface area contributed by atoms with Crippen molar-refractivity contribution in [3.05, 3.63) is 24.3 Å². The Morgan fingerprint density at radius 1 is 0.368 bits per heavy atom. The number of unbranched alkanes of at least 4 members (excludes halogenated alkanes) is 50. The molecule has 0 radical (unpaired) electrons. The van der Waals surface area contributed by atoms with E-state index in [9.17, 15) is 19.8 Å². The summed E-state index contributed by atoms with van der Waals surface area (Å²) in [5, 5.41) is 23.1. The normalized spacial score (nSPS) is 12.6. The van der Waals surface area contributed by atoms with E-state index in [-0.39, 0.29) is 18.5 Å². The van der Waals surface area contributed by atoms with Gasteiger partial charge < -0.3 is 20.3 Å². The molecule has 0 bridgehead atoms. The van der Waals surface area contributed by atoms with Crippen LogP contribution in [-0.2, 0) is 14.3 Å². The zero-order valence-electron chi connectivity index (χ0n) is 51.5. The molecule has 6 nitrogen and oxygen atoms in total. The van der Waals surface area contributed by atoms with Crippen LogP contribution in [0, 0.1) is 0 Å². The maximum atomic E-state index is 12.4. The van der Waals surface area contributed by atoms with Gasteiger partial charge in [0.25, 0.3) is 0 Å². The molecule has 0 fully saturated rings. The first-order valence-corrected chi connectivity index (χ1v) is 34.6. The van der Waals surface area contributed by atoms with Crippen molar-refractivity contribution in [3.63, 3.8) is 0 Å². The Labute approximate surface area is 475 Å². The van der Waals surface area contributed by atoms with Gasteiger partial charge in [-0.25, -0.2) is 0 Å². The Morgan fingerprint density at radius 2 is 0.658 bits per heavy atom. The second-order valence-corrected chi connectivity index (χ2v) is 23.9. The van der Waals surface area contributed by atoms with E-state index in [0.29, 0.717) is 25.9 Å². The summed E-state index contributed by atoms with van der Waals surface area (Å²) in [5.74, 6) is -0.0141. The van der Waals surface area contributed by atoms with Gasteiger partial charge in [0, 0.05) is 12.8 Å². The molecule has 0 aromatic rings. The smallest absolute Gasteiger partial charge is 0.305 e. The molecule has 3 N–H and O–H groups in total. The topological polar surface area (TPSA) is 95.9 Å². The Bertz CT molecular complexity index is 1190. The van der Waals surface area contributed by atoms with E-state index >= 15 is 0 Å². The summed E-state index contributed by atoms with van der Waals surface area (Å²) < 4.78 is 5.51. The molecular weight excluding hydrogens is 935 g/mol. The fraction of sp³-hybridized carbons (Fsp3) is 0.914. The highest BCUT2D eigenvalue weighted by molar-refractivity contribution is 5.76. The van der Waals surface area contributed by atoms with E-state index < -0.39 is 12.1 Å². The lowest BCUT2D eigenvalue weighted by molar-refractivity contribution is -0.143. The van der Waals surface area contributed by atoms with Gasteiger partial charge in [-0.3, -0.25) is 9.59 Å². The van der Waals surface area contributed by atoms with E-state index in [4.69, 9.17) is 4.74 Å². The third-order valence-electron chi connectivity index (χ3n) is 16.3. The van der Waals surface area contributed by atoms with Gasteiger partial charge in [-0.1, -0.05) is 340 Å². The standard InChI is InChI=1S/C70H135NO5/c1-3-5-7-9-11-13-14-15-16-17-31-35-38-41-44-48-52-56-60-64-70(75)76-65-61-57-53-49-45-42-39-36-33-30-28-26-24-22-20-18-19-21-23-25-27-29-32-34-37-40-43-47-51-55-59-63-69(74)71-67(66-72)68(73)62-58-54-50-46-12-10-8-6-4-2/h11,13,15-16,67-68,72-73H,3-10,12,14,17-66H2,1-2H3,(H,71,74)/b13-11-,16-15-. The molecule has 1 amide bonds. The molecule has 0 heterocycles. The summed E-state index contributed by atoms with van der Waals surface area (Å²) in [4.78, 5) is 24.5. The van der Waals surface area contributed by atoms with Crippen molar-refractivity contribution in [2.24, 2.45) is 0 Å². The molecule has 0 aromatic carbocycles. The van der Waals surface area contributed by atoms with Crippen LogP contribution in [0.5, 0.6) is 0 Å². The summed E-state index contributed by atoms with van der Waals surface area (Å²) in [6.07, 6.45) is 82.4. The molecule has 2 unspecified atom stereocenters. The minimum atomic E-state index is -0.658. The van der Waals surface area contributed by atoms with Gasteiger partial charge in [0.2, 0.25) is 5.91 Å². The largest absolute Gasteiger partial charge is 0.466 e. The van der Waals surface area contributed by atoms with Crippen LogP contribution in [0.2, 0.25) is 0 Å². The number of aliphatic hydroxyl groups excluding tert-OH is 2. The quantitative estimate of drug-likeness (QED) is 0.0320. The predicted molar refractivity (Wildman–Crippen MR) is 333 cm³/mol. The monoisotopic (exact) mass is 1070 g/mol. The zero-order chi connectivity index (χ0) is 55.0.